The van der Waals surface area contributed by atoms with Crippen molar-refractivity contribution in [2.45, 2.75) is 37.0 Å². The van der Waals surface area contributed by atoms with Gasteiger partial charge in [0.2, 0.25) is 0 Å². The Bertz CT molecular complexity index is 408. The average Bonchev–Trinajstić information content (AvgIpc) is 2.85. The lowest BCUT2D eigenvalue weighted by atomic mass is 9.86. The van der Waals surface area contributed by atoms with E-state index >= 15 is 0 Å². The number of halogens is 2. The number of hydrogen-bond donors (Lipinski definition) is 0. The van der Waals surface area contributed by atoms with E-state index in [4.69, 9.17) is 4.18 Å². The Labute approximate surface area is 106 Å². The summed E-state index contributed by atoms with van der Waals surface area (Å²) in [6, 6.07) is 0. The summed E-state index contributed by atoms with van der Waals surface area (Å²) in [5.41, 5.74) is 0. The van der Waals surface area contributed by atoms with E-state index in [2.05, 4.69) is 4.74 Å². The van der Waals surface area contributed by atoms with E-state index in [9.17, 15) is 17.8 Å². The first kappa shape index (κ1) is 12.5. The van der Waals surface area contributed by atoms with Gasteiger partial charge < -0.3 is 4.74 Å². The smallest absolute Gasteiger partial charge is 0.312 e. The minimum atomic E-state index is -3.02. The first-order valence-corrected chi connectivity index (χ1v) is 7.13. The van der Waals surface area contributed by atoms with Crippen LogP contribution in [0.25, 0.3) is 0 Å². The van der Waals surface area contributed by atoms with Gasteiger partial charge in [-0.25, -0.2) is 13.0 Å². The Kier molecular flexibility index (Phi) is 2.75. The molecule has 1 saturated heterocycles. The van der Waals surface area contributed by atoms with Crippen LogP contribution in [0.5, 0.6) is 0 Å². The van der Waals surface area contributed by atoms with Crippen molar-refractivity contribution in [2.24, 2.45) is 17.8 Å². The average molecular weight is 280 g/mol. The van der Waals surface area contributed by atoms with Crippen LogP contribution in [0.2, 0.25) is 0 Å². The van der Waals surface area contributed by atoms with Crippen molar-refractivity contribution < 1.29 is 26.7 Å². The number of hydrogen-bond acceptors (Lipinski definition) is 4. The van der Waals surface area contributed by atoms with Crippen molar-refractivity contribution in [1.29, 1.82) is 0 Å². The fourth-order valence-electron chi connectivity index (χ4n) is 3.40. The van der Waals surface area contributed by atoms with Gasteiger partial charge in [-0.2, -0.15) is 0 Å². The van der Waals surface area contributed by atoms with Crippen LogP contribution in [-0.4, -0.2) is 34.1 Å². The maximum Gasteiger partial charge on any atom is 0.312 e. The van der Waals surface area contributed by atoms with Crippen molar-refractivity contribution in [3.8, 4) is 0 Å². The molecule has 18 heavy (non-hydrogen) atoms. The molecule has 6 atom stereocenters. The summed E-state index contributed by atoms with van der Waals surface area (Å²) >= 11 is -1.33. The van der Waals surface area contributed by atoms with Gasteiger partial charge >= 0.3 is 5.97 Å². The van der Waals surface area contributed by atoms with Gasteiger partial charge in [0.25, 0.3) is 5.92 Å². The molecule has 3 rings (SSSR count). The fourth-order valence-corrected chi connectivity index (χ4v) is 4.98. The lowest BCUT2D eigenvalue weighted by molar-refractivity contribution is -0.162. The highest BCUT2D eigenvalue weighted by Crippen LogP contribution is 2.56. The first-order valence-electron chi connectivity index (χ1n) is 5.99. The summed E-state index contributed by atoms with van der Waals surface area (Å²) < 4.78 is 46.8. The summed E-state index contributed by atoms with van der Waals surface area (Å²) in [5.74, 6) is -3.95. The zero-order chi connectivity index (χ0) is 13.1. The number of fused-ring (bicyclic) bond motifs is 1. The lowest BCUT2D eigenvalue weighted by Gasteiger charge is -2.24. The molecular formula is C11H14F2O4S. The fraction of sp³-hybridized carbons (Fsp3) is 0.909. The van der Waals surface area contributed by atoms with Crippen molar-refractivity contribution >= 4 is 17.0 Å². The molecular weight excluding hydrogens is 266 g/mol. The summed E-state index contributed by atoms with van der Waals surface area (Å²) in [5, 5.41) is 0.0247. The minimum absolute atomic E-state index is 0.0247. The van der Waals surface area contributed by atoms with Gasteiger partial charge in [-0.15, -0.1) is 0 Å². The molecule has 3 fully saturated rings. The van der Waals surface area contributed by atoms with Gasteiger partial charge in [0, 0.05) is 12.8 Å². The van der Waals surface area contributed by atoms with Crippen LogP contribution in [0, 0.1) is 17.8 Å². The van der Waals surface area contributed by atoms with E-state index < -0.39 is 41.6 Å². The zero-order valence-electron chi connectivity index (χ0n) is 9.81. The third-order valence-electron chi connectivity index (χ3n) is 4.06. The number of alkyl halides is 2. The standard InChI is InChI=1S/C11H14F2O4S/c1-11(12,13)4-16-10(14)8-5-2-6-7(3-5)18(15)17-9(6)8/h5-9H,2-4H2,1H3. The molecule has 0 N–H and O–H groups in total. The third-order valence-corrected chi connectivity index (χ3v) is 5.51. The summed E-state index contributed by atoms with van der Waals surface area (Å²) in [6.07, 6.45) is 1.08. The summed E-state index contributed by atoms with van der Waals surface area (Å²) in [6.45, 7) is -0.197. The van der Waals surface area contributed by atoms with Gasteiger partial charge in [-0.3, -0.25) is 8.98 Å². The highest BCUT2D eigenvalue weighted by molar-refractivity contribution is 7.81. The zero-order valence-corrected chi connectivity index (χ0v) is 10.6. The van der Waals surface area contributed by atoms with Crippen molar-refractivity contribution in [3.63, 3.8) is 0 Å². The van der Waals surface area contributed by atoms with Crippen LogP contribution in [0.4, 0.5) is 8.78 Å². The highest BCUT2D eigenvalue weighted by Gasteiger charge is 2.63. The normalized spacial score (nSPS) is 45.5. The maximum absolute atomic E-state index is 12.6. The van der Waals surface area contributed by atoms with E-state index in [0.29, 0.717) is 13.3 Å². The Balaban J connectivity index is 1.68. The maximum atomic E-state index is 12.6. The molecule has 0 aromatic carbocycles. The van der Waals surface area contributed by atoms with Crippen molar-refractivity contribution in [1.82, 2.24) is 0 Å². The molecule has 2 bridgehead atoms. The predicted octanol–water partition coefficient (Wildman–Crippen LogP) is 1.27. The highest BCUT2D eigenvalue weighted by atomic mass is 32.2. The second-order valence-electron chi connectivity index (χ2n) is 5.46. The van der Waals surface area contributed by atoms with E-state index in [1.807, 2.05) is 0 Å². The molecule has 102 valence electrons. The molecule has 7 heteroatoms. The Morgan fingerprint density at radius 3 is 2.89 bits per heavy atom. The molecule has 2 aliphatic carbocycles. The van der Waals surface area contributed by atoms with E-state index in [1.54, 1.807) is 0 Å². The van der Waals surface area contributed by atoms with Crippen molar-refractivity contribution in [3.05, 3.63) is 0 Å². The number of rotatable bonds is 3. The van der Waals surface area contributed by atoms with E-state index in [-0.39, 0.29) is 17.1 Å². The monoisotopic (exact) mass is 280 g/mol. The van der Waals surface area contributed by atoms with Gasteiger partial charge in [0.15, 0.2) is 17.7 Å². The van der Waals surface area contributed by atoms with Crippen LogP contribution in [0.3, 0.4) is 0 Å². The van der Waals surface area contributed by atoms with Crippen LogP contribution < -0.4 is 0 Å². The van der Waals surface area contributed by atoms with Gasteiger partial charge in [0.05, 0.1) is 17.3 Å². The molecule has 1 heterocycles. The third kappa shape index (κ3) is 1.87. The molecule has 6 unspecified atom stereocenters. The summed E-state index contributed by atoms with van der Waals surface area (Å²) in [4.78, 5) is 11.8. The van der Waals surface area contributed by atoms with Crippen molar-refractivity contribution in [2.75, 3.05) is 6.61 Å². The lowest BCUT2D eigenvalue weighted by Crippen LogP contribution is -2.37. The summed E-state index contributed by atoms with van der Waals surface area (Å²) in [7, 11) is 0. The molecule has 0 aromatic rings. The van der Waals surface area contributed by atoms with E-state index in [0.717, 1.165) is 6.42 Å². The van der Waals surface area contributed by atoms with Crippen LogP contribution >= 0.6 is 0 Å². The van der Waals surface area contributed by atoms with Crippen LogP contribution in [0.15, 0.2) is 0 Å². The van der Waals surface area contributed by atoms with Crippen LogP contribution in [0.1, 0.15) is 19.8 Å². The molecule has 4 nitrogen and oxygen atoms in total. The largest absolute Gasteiger partial charge is 0.459 e. The topological polar surface area (TPSA) is 52.6 Å². The second kappa shape index (κ2) is 3.96. The van der Waals surface area contributed by atoms with Crippen LogP contribution in [-0.2, 0) is 24.8 Å². The molecule has 1 aliphatic heterocycles. The molecule has 2 saturated carbocycles. The molecule has 0 aromatic heterocycles. The van der Waals surface area contributed by atoms with E-state index in [1.165, 1.54) is 0 Å². The SMILES string of the molecule is CC(F)(F)COC(=O)C1C2CC3C1OS(=O)C3C2. The number of carbonyl (C=O) groups is 1. The Hall–Kier alpha value is -0.560. The first-order chi connectivity index (χ1) is 8.37. The molecule has 0 amide bonds. The predicted molar refractivity (Wildman–Crippen MR) is 58.1 cm³/mol. The Morgan fingerprint density at radius 1 is 1.50 bits per heavy atom. The van der Waals surface area contributed by atoms with Gasteiger partial charge in [-0.1, -0.05) is 0 Å². The number of esters is 1. The minimum Gasteiger partial charge on any atom is -0.459 e. The Morgan fingerprint density at radius 2 is 2.22 bits per heavy atom. The second-order valence-corrected chi connectivity index (χ2v) is 6.78. The van der Waals surface area contributed by atoms with Gasteiger partial charge in [-0.05, 0) is 18.8 Å². The molecule has 0 spiro atoms. The molecule has 0 radical (unpaired) electrons. The number of carbonyl (C=O) groups excluding carboxylic acids is 1. The number of ether oxygens (including phenoxy) is 1. The van der Waals surface area contributed by atoms with Gasteiger partial charge in [0.1, 0.15) is 0 Å². The quantitative estimate of drug-likeness (QED) is 0.731. The molecule has 3 aliphatic rings.